The predicted octanol–water partition coefficient (Wildman–Crippen LogP) is 2.26. The van der Waals surface area contributed by atoms with Gasteiger partial charge in [0.05, 0.1) is 4.65 Å². The highest BCUT2D eigenvalue weighted by Gasteiger charge is 2.44. The first kappa shape index (κ1) is 11.1. The molecule has 1 aliphatic heterocycles. The lowest BCUT2D eigenvalue weighted by molar-refractivity contribution is 0.382. The minimum atomic E-state index is -1.29. The summed E-state index contributed by atoms with van der Waals surface area (Å²) in [5.41, 5.74) is 1.21. The van der Waals surface area contributed by atoms with Crippen LogP contribution < -0.4 is 0 Å². The van der Waals surface area contributed by atoms with Crippen LogP contribution in [0, 0.1) is 0 Å². The highest BCUT2D eigenvalue weighted by molar-refractivity contribution is 8.02. The van der Waals surface area contributed by atoms with Crippen LogP contribution in [0.2, 0.25) is 0 Å². The molecule has 17 heavy (non-hydrogen) atoms. The van der Waals surface area contributed by atoms with E-state index in [1.807, 2.05) is 19.1 Å². The van der Waals surface area contributed by atoms with Gasteiger partial charge >= 0.3 is 7.12 Å². The van der Waals surface area contributed by atoms with E-state index in [2.05, 4.69) is 24.3 Å². The molecule has 0 bridgehead atoms. The van der Waals surface area contributed by atoms with Crippen molar-refractivity contribution >= 4 is 29.7 Å². The standard InChI is InChI=1S/C13H13BO2S/c1-13(14(15)16)8-10-7-6-9-4-2-3-5-11(9)12(10)17-13/h2-7,15-16H,8H2,1H3. The van der Waals surface area contributed by atoms with Gasteiger partial charge in [0.15, 0.2) is 0 Å². The van der Waals surface area contributed by atoms with Gasteiger partial charge in [-0.25, -0.2) is 0 Å². The average molecular weight is 244 g/mol. The van der Waals surface area contributed by atoms with Crippen molar-refractivity contribution in [2.24, 2.45) is 0 Å². The Hall–Kier alpha value is -0.965. The molecule has 2 N–H and O–H groups in total. The summed E-state index contributed by atoms with van der Waals surface area (Å²) in [4.78, 5) is 1.19. The van der Waals surface area contributed by atoms with Crippen LogP contribution in [0.15, 0.2) is 41.3 Å². The Balaban J connectivity index is 2.17. The summed E-state index contributed by atoms with van der Waals surface area (Å²) in [5, 5.41) is 21.4. The monoisotopic (exact) mass is 244 g/mol. The van der Waals surface area contributed by atoms with Gasteiger partial charge in [0.2, 0.25) is 0 Å². The lowest BCUT2D eigenvalue weighted by Crippen LogP contribution is -2.40. The zero-order valence-electron chi connectivity index (χ0n) is 9.55. The molecule has 0 aromatic heterocycles. The Kier molecular flexibility index (Phi) is 2.47. The number of fused-ring (bicyclic) bond motifs is 3. The summed E-state index contributed by atoms with van der Waals surface area (Å²) in [5.74, 6) is 0. The molecule has 0 fully saturated rings. The molecule has 0 amide bonds. The third-order valence-corrected chi connectivity index (χ3v) is 4.89. The van der Waals surface area contributed by atoms with E-state index >= 15 is 0 Å². The second-order valence-corrected chi connectivity index (χ2v) is 6.29. The van der Waals surface area contributed by atoms with Gasteiger partial charge in [-0.3, -0.25) is 0 Å². The van der Waals surface area contributed by atoms with E-state index < -0.39 is 11.8 Å². The van der Waals surface area contributed by atoms with Crippen molar-refractivity contribution in [3.8, 4) is 0 Å². The molecule has 4 heteroatoms. The number of rotatable bonds is 1. The van der Waals surface area contributed by atoms with Crippen LogP contribution in [-0.2, 0) is 6.42 Å². The van der Waals surface area contributed by atoms with E-state index in [0.717, 1.165) is 0 Å². The van der Waals surface area contributed by atoms with E-state index in [-0.39, 0.29) is 0 Å². The normalized spacial score (nSPS) is 22.8. The Bertz CT molecular complexity index is 585. The highest BCUT2D eigenvalue weighted by atomic mass is 32.2. The fraction of sp³-hybridized carbons (Fsp3) is 0.231. The van der Waals surface area contributed by atoms with Crippen molar-refractivity contribution < 1.29 is 10.0 Å². The summed E-state index contributed by atoms with van der Waals surface area (Å²) in [7, 11) is -1.29. The van der Waals surface area contributed by atoms with Crippen LogP contribution >= 0.6 is 11.8 Å². The minimum Gasteiger partial charge on any atom is -0.426 e. The lowest BCUT2D eigenvalue weighted by atomic mass is 9.70. The zero-order chi connectivity index (χ0) is 12.0. The van der Waals surface area contributed by atoms with E-state index in [4.69, 9.17) is 0 Å². The quantitative estimate of drug-likeness (QED) is 0.756. The van der Waals surface area contributed by atoms with Crippen molar-refractivity contribution in [2.75, 3.05) is 0 Å². The van der Waals surface area contributed by atoms with Gasteiger partial charge in [-0.2, -0.15) is 0 Å². The molecular weight excluding hydrogens is 231 g/mol. The van der Waals surface area contributed by atoms with Crippen molar-refractivity contribution in [1.29, 1.82) is 0 Å². The molecular formula is C13H13BO2S. The minimum absolute atomic E-state index is 0.521. The molecule has 1 heterocycles. The maximum absolute atomic E-state index is 9.49. The molecule has 0 aliphatic carbocycles. The van der Waals surface area contributed by atoms with Crippen LogP contribution in [0.1, 0.15) is 12.5 Å². The molecule has 1 unspecified atom stereocenters. The largest absolute Gasteiger partial charge is 0.469 e. The van der Waals surface area contributed by atoms with E-state index in [0.29, 0.717) is 6.42 Å². The van der Waals surface area contributed by atoms with Gasteiger partial charge in [0.1, 0.15) is 0 Å². The fourth-order valence-electron chi connectivity index (χ4n) is 2.34. The SMILES string of the molecule is CC1(B(O)O)Cc2ccc3ccccc3c2S1. The van der Waals surface area contributed by atoms with Gasteiger partial charge in [-0.15, -0.1) is 11.8 Å². The van der Waals surface area contributed by atoms with Crippen LogP contribution in [0.25, 0.3) is 10.8 Å². The van der Waals surface area contributed by atoms with Crippen molar-refractivity contribution in [2.45, 2.75) is 22.9 Å². The summed E-state index contributed by atoms with van der Waals surface area (Å²) in [6.45, 7) is 1.90. The second-order valence-electron chi connectivity index (χ2n) is 4.74. The van der Waals surface area contributed by atoms with E-state index in [9.17, 15) is 10.0 Å². The van der Waals surface area contributed by atoms with Crippen LogP contribution in [0.4, 0.5) is 0 Å². The zero-order valence-corrected chi connectivity index (χ0v) is 10.4. The third-order valence-electron chi connectivity index (χ3n) is 3.38. The van der Waals surface area contributed by atoms with E-state index in [1.165, 1.54) is 21.2 Å². The Labute approximate surface area is 105 Å². The fourth-order valence-corrected chi connectivity index (χ4v) is 3.71. The number of hydrogen-bond donors (Lipinski definition) is 2. The predicted molar refractivity (Wildman–Crippen MR) is 72.1 cm³/mol. The molecule has 0 spiro atoms. The summed E-state index contributed by atoms with van der Waals surface area (Å²) in [6.07, 6.45) is 0.704. The molecule has 0 saturated heterocycles. The molecule has 0 saturated carbocycles. The summed E-state index contributed by atoms with van der Waals surface area (Å²) >= 11 is 1.58. The molecule has 0 radical (unpaired) electrons. The van der Waals surface area contributed by atoms with Gasteiger partial charge in [0, 0.05) is 4.90 Å². The smallest absolute Gasteiger partial charge is 0.426 e. The average Bonchev–Trinajstić information content (AvgIpc) is 2.67. The Morgan fingerprint density at radius 2 is 1.94 bits per heavy atom. The molecule has 3 rings (SSSR count). The van der Waals surface area contributed by atoms with Crippen LogP contribution in [0.3, 0.4) is 0 Å². The Morgan fingerprint density at radius 3 is 2.71 bits per heavy atom. The van der Waals surface area contributed by atoms with E-state index in [1.54, 1.807) is 11.8 Å². The maximum atomic E-state index is 9.49. The summed E-state index contributed by atoms with van der Waals surface area (Å²) < 4.78 is -0.521. The molecule has 86 valence electrons. The second kappa shape index (κ2) is 3.77. The third kappa shape index (κ3) is 1.68. The highest BCUT2D eigenvalue weighted by Crippen LogP contribution is 2.48. The molecule has 2 nitrogen and oxygen atoms in total. The Morgan fingerprint density at radius 1 is 1.18 bits per heavy atom. The lowest BCUT2D eigenvalue weighted by Gasteiger charge is -2.20. The molecule has 1 aliphatic rings. The molecule has 1 atom stereocenters. The van der Waals surface area contributed by atoms with Crippen LogP contribution in [-0.4, -0.2) is 21.8 Å². The number of hydrogen-bond acceptors (Lipinski definition) is 3. The first-order chi connectivity index (χ1) is 8.10. The van der Waals surface area contributed by atoms with Gasteiger partial charge in [0.25, 0.3) is 0 Å². The van der Waals surface area contributed by atoms with Gasteiger partial charge in [-0.1, -0.05) is 43.3 Å². The maximum Gasteiger partial charge on any atom is 0.469 e. The van der Waals surface area contributed by atoms with Crippen molar-refractivity contribution in [3.63, 3.8) is 0 Å². The van der Waals surface area contributed by atoms with Crippen molar-refractivity contribution in [3.05, 3.63) is 42.0 Å². The van der Waals surface area contributed by atoms with Gasteiger partial charge < -0.3 is 10.0 Å². The molecule has 2 aromatic carbocycles. The molecule has 2 aromatic rings. The topological polar surface area (TPSA) is 40.5 Å². The summed E-state index contributed by atoms with van der Waals surface area (Å²) in [6, 6.07) is 12.4. The number of benzene rings is 2. The van der Waals surface area contributed by atoms with Gasteiger partial charge in [-0.05, 0) is 22.8 Å². The van der Waals surface area contributed by atoms with Crippen molar-refractivity contribution in [1.82, 2.24) is 0 Å². The first-order valence-electron chi connectivity index (χ1n) is 5.66. The number of thioether (sulfide) groups is 1. The first-order valence-corrected chi connectivity index (χ1v) is 6.47. The van der Waals surface area contributed by atoms with Crippen LogP contribution in [0.5, 0.6) is 0 Å².